The van der Waals surface area contributed by atoms with Gasteiger partial charge in [-0.05, 0) is 100 Å². The lowest BCUT2D eigenvalue weighted by Crippen LogP contribution is -2.50. The zero-order valence-corrected chi connectivity index (χ0v) is 17.5. The fourth-order valence-corrected chi connectivity index (χ4v) is 7.12. The van der Waals surface area contributed by atoms with Gasteiger partial charge in [0.1, 0.15) is 0 Å². The van der Waals surface area contributed by atoms with Crippen LogP contribution in [-0.4, -0.2) is 48.1 Å². The number of hydrogen-bond donors (Lipinski definition) is 0. The molecule has 2 aliphatic heterocycles. The van der Waals surface area contributed by atoms with E-state index in [-0.39, 0.29) is 0 Å². The molecule has 2 aliphatic carbocycles. The third-order valence-electron chi connectivity index (χ3n) is 8.78. The molecule has 25 heavy (non-hydrogen) atoms. The monoisotopic (exact) mass is 346 g/mol. The summed E-state index contributed by atoms with van der Waals surface area (Å²) in [5, 5.41) is 0. The molecule has 2 saturated carbocycles. The van der Waals surface area contributed by atoms with Crippen molar-refractivity contribution in [2.45, 2.75) is 78.8 Å². The lowest BCUT2D eigenvalue weighted by molar-refractivity contribution is 0.0196. The van der Waals surface area contributed by atoms with Gasteiger partial charge in [0.25, 0.3) is 0 Å². The van der Waals surface area contributed by atoms with Crippen molar-refractivity contribution < 1.29 is 0 Å². The molecule has 2 heteroatoms. The summed E-state index contributed by atoms with van der Waals surface area (Å²) in [6.45, 7) is 17.8. The van der Waals surface area contributed by atoms with Crippen molar-refractivity contribution >= 4 is 0 Å². The molecular formula is C23H42N2. The molecule has 0 bridgehead atoms. The first-order valence-corrected chi connectivity index (χ1v) is 11.4. The molecule has 0 N–H and O–H groups in total. The minimum absolute atomic E-state index is 0.756. The number of nitrogens with zero attached hydrogens (tertiary/aromatic N) is 2. The average Bonchev–Trinajstić information content (AvgIpc) is 2.98. The van der Waals surface area contributed by atoms with Crippen LogP contribution in [0.3, 0.4) is 0 Å². The number of hydrogen-bond acceptors (Lipinski definition) is 2. The van der Waals surface area contributed by atoms with Crippen LogP contribution < -0.4 is 0 Å². The van der Waals surface area contributed by atoms with Crippen molar-refractivity contribution in [1.29, 1.82) is 0 Å². The van der Waals surface area contributed by atoms with Crippen LogP contribution in [0, 0.1) is 41.4 Å². The number of likely N-dealkylation sites (tertiary alicyclic amines) is 2. The summed E-state index contributed by atoms with van der Waals surface area (Å²) < 4.78 is 0. The Morgan fingerprint density at radius 3 is 2.44 bits per heavy atom. The van der Waals surface area contributed by atoms with Crippen LogP contribution in [0.4, 0.5) is 0 Å². The maximum atomic E-state index is 2.81. The quantitative estimate of drug-likeness (QED) is 0.656. The Balaban J connectivity index is 1.16. The maximum absolute atomic E-state index is 2.81. The van der Waals surface area contributed by atoms with Crippen molar-refractivity contribution in [3.63, 3.8) is 0 Å². The summed E-state index contributed by atoms with van der Waals surface area (Å²) >= 11 is 0. The normalized spacial score (nSPS) is 42.4. The van der Waals surface area contributed by atoms with Crippen LogP contribution >= 0.6 is 0 Å². The molecule has 0 amide bonds. The van der Waals surface area contributed by atoms with Crippen molar-refractivity contribution in [3.05, 3.63) is 0 Å². The SMILES string of the molecule is CC(C)C1CC2CN(CCCC(C)C3CC4C3CCN4C(C)C)CC21. The summed E-state index contributed by atoms with van der Waals surface area (Å²) in [7, 11) is 0. The van der Waals surface area contributed by atoms with Crippen LogP contribution in [0.5, 0.6) is 0 Å². The van der Waals surface area contributed by atoms with E-state index in [1.807, 2.05) is 0 Å². The van der Waals surface area contributed by atoms with Crippen LogP contribution in [-0.2, 0) is 0 Å². The highest BCUT2D eigenvalue weighted by Gasteiger charge is 2.50. The van der Waals surface area contributed by atoms with Gasteiger partial charge in [0.05, 0.1) is 0 Å². The number of fused-ring (bicyclic) bond motifs is 2. The average molecular weight is 347 g/mol. The molecule has 0 aromatic carbocycles. The van der Waals surface area contributed by atoms with Gasteiger partial charge in [-0.3, -0.25) is 4.90 Å². The van der Waals surface area contributed by atoms with Crippen molar-refractivity contribution in [2.75, 3.05) is 26.2 Å². The molecule has 4 fully saturated rings. The Kier molecular flexibility index (Phi) is 5.23. The zero-order valence-electron chi connectivity index (χ0n) is 17.5. The van der Waals surface area contributed by atoms with Crippen LogP contribution in [0.1, 0.15) is 66.7 Å². The molecule has 0 aromatic rings. The maximum Gasteiger partial charge on any atom is 0.0132 e. The summed E-state index contributed by atoms with van der Waals surface area (Å²) in [5.74, 6) is 7.07. The summed E-state index contributed by atoms with van der Waals surface area (Å²) in [5.41, 5.74) is 0. The van der Waals surface area contributed by atoms with Gasteiger partial charge in [-0.1, -0.05) is 20.8 Å². The van der Waals surface area contributed by atoms with E-state index in [0.717, 1.165) is 53.5 Å². The lowest BCUT2D eigenvalue weighted by atomic mass is 9.62. The van der Waals surface area contributed by atoms with Gasteiger partial charge in [-0.15, -0.1) is 0 Å². The predicted molar refractivity (Wildman–Crippen MR) is 107 cm³/mol. The van der Waals surface area contributed by atoms with E-state index in [0.29, 0.717) is 0 Å². The Morgan fingerprint density at radius 2 is 1.72 bits per heavy atom. The minimum Gasteiger partial charge on any atom is -0.303 e. The van der Waals surface area contributed by atoms with Gasteiger partial charge in [0.15, 0.2) is 0 Å². The molecule has 4 rings (SSSR count). The second kappa shape index (κ2) is 7.15. The molecule has 0 spiro atoms. The molecule has 2 heterocycles. The second-order valence-electron chi connectivity index (χ2n) is 10.7. The lowest BCUT2D eigenvalue weighted by Gasteiger charge is -2.48. The predicted octanol–water partition coefficient (Wildman–Crippen LogP) is 4.75. The molecular weight excluding hydrogens is 304 g/mol. The molecule has 144 valence electrons. The van der Waals surface area contributed by atoms with E-state index >= 15 is 0 Å². The van der Waals surface area contributed by atoms with E-state index in [1.54, 1.807) is 0 Å². The van der Waals surface area contributed by atoms with Gasteiger partial charge in [0, 0.05) is 25.2 Å². The highest BCUT2D eigenvalue weighted by Crippen LogP contribution is 2.51. The van der Waals surface area contributed by atoms with Gasteiger partial charge in [0.2, 0.25) is 0 Å². The minimum atomic E-state index is 0.756. The van der Waals surface area contributed by atoms with E-state index in [4.69, 9.17) is 0 Å². The van der Waals surface area contributed by atoms with Gasteiger partial charge in [-0.25, -0.2) is 0 Å². The molecule has 0 radical (unpaired) electrons. The van der Waals surface area contributed by atoms with Crippen molar-refractivity contribution in [1.82, 2.24) is 9.80 Å². The molecule has 2 saturated heterocycles. The molecule has 4 aliphatic rings. The van der Waals surface area contributed by atoms with Crippen LogP contribution in [0.15, 0.2) is 0 Å². The molecule has 7 atom stereocenters. The van der Waals surface area contributed by atoms with E-state index in [2.05, 4.69) is 44.4 Å². The van der Waals surface area contributed by atoms with Crippen molar-refractivity contribution in [3.8, 4) is 0 Å². The first-order valence-electron chi connectivity index (χ1n) is 11.4. The zero-order chi connectivity index (χ0) is 17.7. The van der Waals surface area contributed by atoms with Gasteiger partial charge >= 0.3 is 0 Å². The van der Waals surface area contributed by atoms with E-state index < -0.39 is 0 Å². The Hall–Kier alpha value is -0.0800. The summed E-state index contributed by atoms with van der Waals surface area (Å²) in [4.78, 5) is 5.59. The topological polar surface area (TPSA) is 6.48 Å². The van der Waals surface area contributed by atoms with Gasteiger partial charge in [-0.2, -0.15) is 0 Å². The Morgan fingerprint density at radius 1 is 0.920 bits per heavy atom. The Bertz CT molecular complexity index is 459. The highest BCUT2D eigenvalue weighted by molar-refractivity contribution is 5.03. The molecule has 2 nitrogen and oxygen atoms in total. The largest absolute Gasteiger partial charge is 0.303 e. The standard InChI is InChI=1S/C23H42N2/c1-15(2)20-11-18-13-24(14-22(18)20)9-6-7-17(5)21-12-23-19(21)8-10-25(23)16(3)4/h15-23H,6-14H2,1-5H3. The highest BCUT2D eigenvalue weighted by atomic mass is 15.2. The van der Waals surface area contributed by atoms with E-state index in [1.165, 1.54) is 58.3 Å². The van der Waals surface area contributed by atoms with Crippen molar-refractivity contribution in [2.24, 2.45) is 41.4 Å². The fraction of sp³-hybridized carbons (Fsp3) is 1.00. The van der Waals surface area contributed by atoms with Crippen LogP contribution in [0.25, 0.3) is 0 Å². The Labute approximate surface area is 156 Å². The molecule has 7 unspecified atom stereocenters. The number of rotatable bonds is 7. The van der Waals surface area contributed by atoms with E-state index in [9.17, 15) is 0 Å². The third-order valence-corrected chi connectivity index (χ3v) is 8.78. The van der Waals surface area contributed by atoms with Crippen LogP contribution in [0.2, 0.25) is 0 Å². The summed E-state index contributed by atoms with van der Waals surface area (Å²) in [6, 6.07) is 1.70. The first kappa shape index (κ1) is 18.3. The third kappa shape index (κ3) is 3.31. The van der Waals surface area contributed by atoms with Gasteiger partial charge < -0.3 is 4.90 Å². The molecule has 0 aromatic heterocycles. The summed E-state index contributed by atoms with van der Waals surface area (Å²) in [6.07, 6.45) is 7.40. The smallest absolute Gasteiger partial charge is 0.0132 e. The second-order valence-corrected chi connectivity index (χ2v) is 10.7. The first-order chi connectivity index (χ1) is 12.0. The fourth-order valence-electron chi connectivity index (χ4n) is 7.12.